The quantitative estimate of drug-likeness (QED) is 0.853. The summed E-state index contributed by atoms with van der Waals surface area (Å²) in [5, 5.41) is 3.40. The van der Waals surface area contributed by atoms with E-state index in [-0.39, 0.29) is 0 Å². The topological polar surface area (TPSA) is 29.9 Å². The lowest BCUT2D eigenvalue weighted by molar-refractivity contribution is 0.837. The molecule has 1 aromatic carbocycles. The van der Waals surface area contributed by atoms with Crippen LogP contribution >= 0.6 is 0 Å². The summed E-state index contributed by atoms with van der Waals surface area (Å²) < 4.78 is 2.02. The molecule has 2 aromatic rings. The molecule has 84 valence electrons. The molecule has 0 fully saturated rings. The van der Waals surface area contributed by atoms with Crippen molar-refractivity contribution in [1.29, 1.82) is 0 Å². The number of nitrogens with zero attached hydrogens (tertiary/aromatic N) is 2. The molecule has 0 spiro atoms. The first kappa shape index (κ1) is 10.7. The largest absolute Gasteiger partial charge is 0.379 e. The lowest BCUT2D eigenvalue weighted by Crippen LogP contribution is -2.04. The molecule has 0 saturated heterocycles. The van der Waals surface area contributed by atoms with Gasteiger partial charge in [-0.1, -0.05) is 6.07 Å². The fourth-order valence-electron chi connectivity index (χ4n) is 1.60. The minimum absolute atomic E-state index is 0.805. The molecule has 0 atom stereocenters. The Bertz CT molecular complexity index is 486. The van der Waals surface area contributed by atoms with Crippen molar-refractivity contribution >= 4 is 5.69 Å². The Morgan fingerprint density at radius 2 is 2.06 bits per heavy atom. The van der Waals surface area contributed by atoms with Gasteiger partial charge in [-0.3, -0.25) is 0 Å². The second-order valence-electron chi connectivity index (χ2n) is 4.15. The highest BCUT2D eigenvalue weighted by atomic mass is 15.0. The number of aryl methyl sites for hydroxylation is 3. The van der Waals surface area contributed by atoms with E-state index in [4.69, 9.17) is 0 Å². The molecule has 0 aliphatic heterocycles. The third kappa shape index (κ3) is 2.24. The zero-order valence-electron chi connectivity index (χ0n) is 9.99. The van der Waals surface area contributed by atoms with Crippen molar-refractivity contribution in [1.82, 2.24) is 9.55 Å². The second kappa shape index (κ2) is 4.39. The maximum Gasteiger partial charge on any atom is 0.0946 e. The SMILES string of the molecule is Cc1ccc(NCc2cncn2C)cc1C. The summed E-state index contributed by atoms with van der Waals surface area (Å²) in [6.45, 7) is 5.06. The van der Waals surface area contributed by atoms with Crippen molar-refractivity contribution in [3.05, 3.63) is 47.5 Å². The first-order chi connectivity index (χ1) is 7.66. The summed E-state index contributed by atoms with van der Waals surface area (Å²) in [4.78, 5) is 4.09. The smallest absolute Gasteiger partial charge is 0.0946 e. The standard InChI is InChI=1S/C13H17N3/c1-10-4-5-12(6-11(10)2)15-8-13-7-14-9-16(13)3/h4-7,9,15H,8H2,1-3H3. The fraction of sp³-hybridized carbons (Fsp3) is 0.308. The van der Waals surface area contributed by atoms with Crippen LogP contribution < -0.4 is 5.32 Å². The molecule has 2 rings (SSSR count). The van der Waals surface area contributed by atoms with E-state index >= 15 is 0 Å². The van der Waals surface area contributed by atoms with Crippen molar-refractivity contribution in [3.8, 4) is 0 Å². The average Bonchev–Trinajstić information content (AvgIpc) is 2.66. The predicted molar refractivity (Wildman–Crippen MR) is 66.5 cm³/mol. The van der Waals surface area contributed by atoms with Crippen LogP contribution in [-0.2, 0) is 13.6 Å². The van der Waals surface area contributed by atoms with E-state index < -0.39 is 0 Å². The molecular formula is C13H17N3. The summed E-state index contributed by atoms with van der Waals surface area (Å²) in [6, 6.07) is 6.42. The highest BCUT2D eigenvalue weighted by molar-refractivity contribution is 5.48. The number of rotatable bonds is 3. The molecule has 1 aromatic heterocycles. The van der Waals surface area contributed by atoms with Crippen molar-refractivity contribution in [2.75, 3.05) is 5.32 Å². The van der Waals surface area contributed by atoms with Gasteiger partial charge in [-0.15, -0.1) is 0 Å². The molecule has 3 nitrogen and oxygen atoms in total. The van der Waals surface area contributed by atoms with Gasteiger partial charge in [0.25, 0.3) is 0 Å². The number of anilines is 1. The van der Waals surface area contributed by atoms with Crippen LogP contribution in [-0.4, -0.2) is 9.55 Å². The first-order valence-corrected chi connectivity index (χ1v) is 5.43. The van der Waals surface area contributed by atoms with Gasteiger partial charge in [-0.2, -0.15) is 0 Å². The van der Waals surface area contributed by atoms with Gasteiger partial charge in [0.2, 0.25) is 0 Å². The van der Waals surface area contributed by atoms with Crippen LogP contribution in [0.1, 0.15) is 16.8 Å². The molecule has 0 unspecified atom stereocenters. The maximum atomic E-state index is 4.09. The number of nitrogens with one attached hydrogen (secondary N) is 1. The highest BCUT2D eigenvalue weighted by Crippen LogP contribution is 2.14. The number of imidazole rings is 1. The van der Waals surface area contributed by atoms with Crippen LogP contribution in [0.3, 0.4) is 0 Å². The van der Waals surface area contributed by atoms with Crippen molar-refractivity contribution in [2.24, 2.45) is 7.05 Å². The van der Waals surface area contributed by atoms with E-state index in [1.807, 2.05) is 24.1 Å². The molecule has 0 aliphatic carbocycles. The summed E-state index contributed by atoms with van der Waals surface area (Å²) in [5.74, 6) is 0. The molecule has 0 amide bonds. The Kier molecular flexibility index (Phi) is 2.95. The zero-order chi connectivity index (χ0) is 11.5. The van der Waals surface area contributed by atoms with Gasteiger partial charge in [0, 0.05) is 18.9 Å². The Labute approximate surface area is 96.1 Å². The van der Waals surface area contributed by atoms with Crippen molar-refractivity contribution < 1.29 is 0 Å². The van der Waals surface area contributed by atoms with Gasteiger partial charge in [0.1, 0.15) is 0 Å². The average molecular weight is 215 g/mol. The minimum Gasteiger partial charge on any atom is -0.379 e. The van der Waals surface area contributed by atoms with Crippen LogP contribution in [0.5, 0.6) is 0 Å². The molecule has 16 heavy (non-hydrogen) atoms. The van der Waals surface area contributed by atoms with Crippen molar-refractivity contribution in [2.45, 2.75) is 20.4 Å². The van der Waals surface area contributed by atoms with Crippen LogP contribution in [0.15, 0.2) is 30.7 Å². The van der Waals surface area contributed by atoms with Gasteiger partial charge in [-0.05, 0) is 37.1 Å². The highest BCUT2D eigenvalue weighted by Gasteiger charge is 1.99. The van der Waals surface area contributed by atoms with Gasteiger partial charge < -0.3 is 9.88 Å². The molecule has 1 heterocycles. The van der Waals surface area contributed by atoms with Crippen molar-refractivity contribution in [3.63, 3.8) is 0 Å². The number of benzene rings is 1. The predicted octanol–water partition coefficient (Wildman–Crippen LogP) is 2.65. The minimum atomic E-state index is 0.805. The Hall–Kier alpha value is -1.77. The van der Waals surface area contributed by atoms with E-state index in [1.165, 1.54) is 16.8 Å². The number of hydrogen-bond acceptors (Lipinski definition) is 2. The Morgan fingerprint density at radius 3 is 2.69 bits per heavy atom. The molecular weight excluding hydrogens is 198 g/mol. The summed E-state index contributed by atoms with van der Waals surface area (Å²) in [6.07, 6.45) is 3.70. The van der Waals surface area contributed by atoms with E-state index in [9.17, 15) is 0 Å². The van der Waals surface area contributed by atoms with E-state index in [1.54, 1.807) is 0 Å². The number of aromatic nitrogens is 2. The van der Waals surface area contributed by atoms with E-state index in [0.717, 1.165) is 12.2 Å². The van der Waals surface area contributed by atoms with Crippen LogP contribution in [0, 0.1) is 13.8 Å². The number of hydrogen-bond donors (Lipinski definition) is 1. The fourth-order valence-corrected chi connectivity index (χ4v) is 1.60. The molecule has 0 radical (unpaired) electrons. The zero-order valence-corrected chi connectivity index (χ0v) is 9.99. The van der Waals surface area contributed by atoms with E-state index in [0.29, 0.717) is 0 Å². The molecule has 3 heteroatoms. The summed E-state index contributed by atoms with van der Waals surface area (Å²) in [7, 11) is 2.00. The van der Waals surface area contributed by atoms with E-state index in [2.05, 4.69) is 42.3 Å². The third-order valence-corrected chi connectivity index (χ3v) is 2.90. The van der Waals surface area contributed by atoms with Crippen LogP contribution in [0.4, 0.5) is 5.69 Å². The third-order valence-electron chi connectivity index (χ3n) is 2.90. The van der Waals surface area contributed by atoms with Crippen LogP contribution in [0.25, 0.3) is 0 Å². The Balaban J connectivity index is 2.05. The molecule has 0 bridgehead atoms. The van der Waals surface area contributed by atoms with Crippen LogP contribution in [0.2, 0.25) is 0 Å². The summed E-state index contributed by atoms with van der Waals surface area (Å²) >= 11 is 0. The second-order valence-corrected chi connectivity index (χ2v) is 4.15. The summed E-state index contributed by atoms with van der Waals surface area (Å²) in [5.41, 5.74) is 4.98. The van der Waals surface area contributed by atoms with Gasteiger partial charge in [-0.25, -0.2) is 4.98 Å². The maximum absolute atomic E-state index is 4.09. The normalized spacial score (nSPS) is 10.4. The lowest BCUT2D eigenvalue weighted by Gasteiger charge is -2.08. The van der Waals surface area contributed by atoms with Gasteiger partial charge >= 0.3 is 0 Å². The lowest BCUT2D eigenvalue weighted by atomic mass is 10.1. The molecule has 0 aliphatic rings. The van der Waals surface area contributed by atoms with Gasteiger partial charge in [0.05, 0.1) is 18.6 Å². The molecule has 0 saturated carbocycles. The first-order valence-electron chi connectivity index (χ1n) is 5.43. The molecule has 1 N–H and O–H groups in total. The Morgan fingerprint density at radius 1 is 1.25 bits per heavy atom. The monoisotopic (exact) mass is 215 g/mol. The van der Waals surface area contributed by atoms with Gasteiger partial charge in [0.15, 0.2) is 0 Å².